The van der Waals surface area contributed by atoms with E-state index in [4.69, 9.17) is 4.74 Å². The van der Waals surface area contributed by atoms with Gasteiger partial charge in [-0.15, -0.1) is 0 Å². The van der Waals surface area contributed by atoms with Crippen LogP contribution >= 0.6 is 0 Å². The molecule has 0 bridgehead atoms. The summed E-state index contributed by atoms with van der Waals surface area (Å²) in [6, 6.07) is 1.23. The monoisotopic (exact) mass is 185 g/mol. The van der Waals surface area contributed by atoms with Crippen LogP contribution in [-0.4, -0.2) is 25.8 Å². The van der Waals surface area contributed by atoms with Gasteiger partial charge in [-0.2, -0.15) is 0 Å². The van der Waals surface area contributed by atoms with E-state index >= 15 is 0 Å². The average Bonchev–Trinajstić information content (AvgIpc) is 2.04. The molecule has 0 aromatic rings. The Labute approximate surface area is 82.0 Å². The van der Waals surface area contributed by atoms with Gasteiger partial charge in [-0.25, -0.2) is 0 Å². The maximum Gasteiger partial charge on any atom is 0.0613 e. The molecular weight excluding hydrogens is 162 g/mol. The normalized spacial score (nSPS) is 31.6. The molecule has 0 saturated heterocycles. The van der Waals surface area contributed by atoms with Crippen molar-refractivity contribution in [3.63, 3.8) is 0 Å². The van der Waals surface area contributed by atoms with E-state index in [1.807, 2.05) is 0 Å². The van der Waals surface area contributed by atoms with Gasteiger partial charge in [0.2, 0.25) is 0 Å². The van der Waals surface area contributed by atoms with Gasteiger partial charge in [0.05, 0.1) is 6.61 Å². The van der Waals surface area contributed by atoms with Crippen molar-refractivity contribution in [3.05, 3.63) is 0 Å². The third-order valence-corrected chi connectivity index (χ3v) is 2.87. The van der Waals surface area contributed by atoms with Gasteiger partial charge in [0.25, 0.3) is 0 Å². The van der Waals surface area contributed by atoms with Crippen molar-refractivity contribution in [2.75, 3.05) is 13.7 Å². The van der Waals surface area contributed by atoms with Crippen LogP contribution in [0.2, 0.25) is 0 Å². The lowest BCUT2D eigenvalue weighted by Crippen LogP contribution is -2.41. The molecule has 1 N–H and O–H groups in total. The van der Waals surface area contributed by atoms with E-state index in [1.54, 1.807) is 7.11 Å². The van der Waals surface area contributed by atoms with Crippen LogP contribution < -0.4 is 5.32 Å². The van der Waals surface area contributed by atoms with Crippen molar-refractivity contribution in [2.45, 2.75) is 51.6 Å². The SMILES string of the molecule is COCC(C)NC1CCCC(C)C1. The summed E-state index contributed by atoms with van der Waals surface area (Å²) in [5, 5.41) is 3.63. The van der Waals surface area contributed by atoms with Crippen molar-refractivity contribution in [1.82, 2.24) is 5.32 Å². The fraction of sp³-hybridized carbons (Fsp3) is 1.00. The number of ether oxygens (including phenoxy) is 1. The van der Waals surface area contributed by atoms with Crippen molar-refractivity contribution < 1.29 is 4.74 Å². The molecule has 0 spiro atoms. The molecule has 1 aliphatic rings. The van der Waals surface area contributed by atoms with Crippen LogP contribution in [0.1, 0.15) is 39.5 Å². The first kappa shape index (κ1) is 11.0. The van der Waals surface area contributed by atoms with Crippen molar-refractivity contribution in [2.24, 2.45) is 5.92 Å². The molecule has 78 valence electrons. The number of methoxy groups -OCH3 is 1. The Morgan fingerprint density at radius 1 is 1.46 bits per heavy atom. The highest BCUT2D eigenvalue weighted by molar-refractivity contribution is 4.78. The summed E-state index contributed by atoms with van der Waals surface area (Å²) in [7, 11) is 1.77. The summed E-state index contributed by atoms with van der Waals surface area (Å²) in [6.45, 7) is 5.38. The highest BCUT2D eigenvalue weighted by atomic mass is 16.5. The second-order valence-electron chi connectivity index (χ2n) is 4.49. The van der Waals surface area contributed by atoms with E-state index in [-0.39, 0.29) is 0 Å². The van der Waals surface area contributed by atoms with Crippen LogP contribution in [0.5, 0.6) is 0 Å². The maximum absolute atomic E-state index is 5.11. The average molecular weight is 185 g/mol. The van der Waals surface area contributed by atoms with Gasteiger partial charge in [0.1, 0.15) is 0 Å². The molecule has 3 unspecified atom stereocenters. The van der Waals surface area contributed by atoms with Crippen molar-refractivity contribution >= 4 is 0 Å². The fourth-order valence-corrected chi connectivity index (χ4v) is 2.29. The first-order chi connectivity index (χ1) is 6.22. The lowest BCUT2D eigenvalue weighted by molar-refractivity contribution is 0.158. The topological polar surface area (TPSA) is 21.3 Å². The minimum Gasteiger partial charge on any atom is -0.383 e. The van der Waals surface area contributed by atoms with E-state index in [2.05, 4.69) is 19.2 Å². The summed E-state index contributed by atoms with van der Waals surface area (Å²) in [5.74, 6) is 0.904. The zero-order valence-electron chi connectivity index (χ0n) is 9.18. The molecule has 1 rings (SSSR count). The Balaban J connectivity index is 2.19. The van der Waals surface area contributed by atoms with Crippen LogP contribution in [0.4, 0.5) is 0 Å². The zero-order valence-corrected chi connectivity index (χ0v) is 9.18. The van der Waals surface area contributed by atoms with Crippen LogP contribution in [-0.2, 0) is 4.74 Å². The molecular formula is C11H23NO. The smallest absolute Gasteiger partial charge is 0.0613 e. The third kappa shape index (κ3) is 4.10. The summed E-state index contributed by atoms with van der Waals surface area (Å²) >= 11 is 0. The van der Waals surface area contributed by atoms with E-state index in [9.17, 15) is 0 Å². The molecule has 1 saturated carbocycles. The van der Waals surface area contributed by atoms with Gasteiger partial charge in [-0.3, -0.25) is 0 Å². The van der Waals surface area contributed by atoms with Crippen LogP contribution in [0, 0.1) is 5.92 Å². The quantitative estimate of drug-likeness (QED) is 0.725. The van der Waals surface area contributed by atoms with E-state index < -0.39 is 0 Å². The predicted molar refractivity (Wildman–Crippen MR) is 55.9 cm³/mol. The highest BCUT2D eigenvalue weighted by Crippen LogP contribution is 2.23. The van der Waals surface area contributed by atoms with E-state index in [1.165, 1.54) is 25.7 Å². The Kier molecular flexibility index (Phi) is 4.74. The van der Waals surface area contributed by atoms with Gasteiger partial charge >= 0.3 is 0 Å². The fourth-order valence-electron chi connectivity index (χ4n) is 2.29. The molecule has 3 atom stereocenters. The molecule has 2 heteroatoms. The van der Waals surface area contributed by atoms with E-state index in [0.717, 1.165) is 18.6 Å². The molecule has 0 aromatic heterocycles. The summed E-state index contributed by atoms with van der Waals surface area (Å²) < 4.78 is 5.11. The number of hydrogen-bond donors (Lipinski definition) is 1. The lowest BCUT2D eigenvalue weighted by Gasteiger charge is -2.29. The van der Waals surface area contributed by atoms with Crippen LogP contribution in [0.15, 0.2) is 0 Å². The van der Waals surface area contributed by atoms with Gasteiger partial charge in [0, 0.05) is 19.2 Å². The number of nitrogens with one attached hydrogen (secondary N) is 1. The summed E-state index contributed by atoms with van der Waals surface area (Å²) in [5.41, 5.74) is 0. The second-order valence-corrected chi connectivity index (χ2v) is 4.49. The Morgan fingerprint density at radius 2 is 2.23 bits per heavy atom. The number of rotatable bonds is 4. The van der Waals surface area contributed by atoms with Crippen LogP contribution in [0.3, 0.4) is 0 Å². The summed E-state index contributed by atoms with van der Waals surface area (Å²) in [4.78, 5) is 0. The third-order valence-electron chi connectivity index (χ3n) is 2.87. The molecule has 1 aliphatic carbocycles. The van der Waals surface area contributed by atoms with Crippen molar-refractivity contribution in [3.8, 4) is 0 Å². The molecule has 0 amide bonds. The molecule has 0 aliphatic heterocycles. The lowest BCUT2D eigenvalue weighted by atomic mass is 9.87. The first-order valence-corrected chi connectivity index (χ1v) is 5.47. The molecule has 1 fully saturated rings. The first-order valence-electron chi connectivity index (χ1n) is 5.47. The standard InChI is InChI=1S/C11H23NO/c1-9-5-4-6-11(7-9)12-10(2)8-13-3/h9-12H,4-8H2,1-3H3. The number of hydrogen-bond acceptors (Lipinski definition) is 2. The van der Waals surface area contributed by atoms with Crippen LogP contribution in [0.25, 0.3) is 0 Å². The highest BCUT2D eigenvalue weighted by Gasteiger charge is 2.19. The molecule has 2 nitrogen and oxygen atoms in total. The largest absolute Gasteiger partial charge is 0.383 e. The minimum absolute atomic E-state index is 0.500. The zero-order chi connectivity index (χ0) is 9.68. The van der Waals surface area contributed by atoms with Crippen molar-refractivity contribution in [1.29, 1.82) is 0 Å². The van der Waals surface area contributed by atoms with Gasteiger partial charge < -0.3 is 10.1 Å². The molecule has 13 heavy (non-hydrogen) atoms. The molecule has 0 radical (unpaired) electrons. The molecule has 0 heterocycles. The Bertz CT molecular complexity index is 138. The molecule has 0 aromatic carbocycles. The summed E-state index contributed by atoms with van der Waals surface area (Å²) in [6.07, 6.45) is 5.49. The predicted octanol–water partition coefficient (Wildman–Crippen LogP) is 2.19. The Morgan fingerprint density at radius 3 is 2.85 bits per heavy atom. The maximum atomic E-state index is 5.11. The van der Waals surface area contributed by atoms with Gasteiger partial charge in [-0.1, -0.05) is 19.8 Å². The minimum atomic E-state index is 0.500. The van der Waals surface area contributed by atoms with Gasteiger partial charge in [-0.05, 0) is 25.7 Å². The Hall–Kier alpha value is -0.0800. The second kappa shape index (κ2) is 5.61. The van der Waals surface area contributed by atoms with Gasteiger partial charge in [0.15, 0.2) is 0 Å². The van der Waals surface area contributed by atoms with E-state index in [0.29, 0.717) is 6.04 Å².